The first-order valence-electron chi connectivity index (χ1n) is 6.67. The number of aromatic hydroxyl groups is 1. The fraction of sp³-hybridized carbons (Fsp3) is 0.467. The first-order valence-corrected chi connectivity index (χ1v) is 6.67. The molecule has 0 atom stereocenters. The third kappa shape index (κ3) is 3.98. The molecule has 5 heteroatoms. The highest BCUT2D eigenvalue weighted by atomic mass is 16.3. The third-order valence-corrected chi connectivity index (χ3v) is 2.92. The van der Waals surface area contributed by atoms with Gasteiger partial charge in [-0.2, -0.15) is 0 Å². The quantitative estimate of drug-likeness (QED) is 0.585. The lowest BCUT2D eigenvalue weighted by atomic mass is 9.85. The van der Waals surface area contributed by atoms with Gasteiger partial charge in [0.25, 0.3) is 0 Å². The molecular formula is C15H22N2O3. The van der Waals surface area contributed by atoms with E-state index in [0.29, 0.717) is 12.8 Å². The van der Waals surface area contributed by atoms with Crippen molar-refractivity contribution in [2.45, 2.75) is 39.5 Å². The lowest BCUT2D eigenvalue weighted by molar-refractivity contribution is 0.112. The van der Waals surface area contributed by atoms with Crippen molar-refractivity contribution in [1.82, 2.24) is 5.32 Å². The van der Waals surface area contributed by atoms with Crippen LogP contribution in [0.2, 0.25) is 0 Å². The maximum absolute atomic E-state index is 11.7. The van der Waals surface area contributed by atoms with E-state index in [9.17, 15) is 14.7 Å². The van der Waals surface area contributed by atoms with Gasteiger partial charge >= 0.3 is 6.03 Å². The maximum Gasteiger partial charge on any atom is 0.319 e. The molecule has 110 valence electrons. The molecule has 1 rings (SSSR count). The molecule has 1 aromatic carbocycles. The third-order valence-electron chi connectivity index (χ3n) is 2.92. The van der Waals surface area contributed by atoms with Crippen molar-refractivity contribution in [3.63, 3.8) is 0 Å². The van der Waals surface area contributed by atoms with E-state index in [2.05, 4.69) is 10.6 Å². The van der Waals surface area contributed by atoms with E-state index < -0.39 is 6.03 Å². The minimum Gasteiger partial charge on any atom is -0.505 e. The molecule has 20 heavy (non-hydrogen) atoms. The number of nitrogens with one attached hydrogen (secondary N) is 2. The summed E-state index contributed by atoms with van der Waals surface area (Å²) in [6.07, 6.45) is 1.40. The molecule has 0 bridgehead atoms. The molecule has 0 aliphatic rings. The fourth-order valence-corrected chi connectivity index (χ4v) is 1.68. The Labute approximate surface area is 119 Å². The SMILES string of the molecule is CCCNC(=O)Nc1cc(C(C)(C)C)cc(C=O)c1O. The van der Waals surface area contributed by atoms with Gasteiger partial charge in [-0.15, -0.1) is 0 Å². The summed E-state index contributed by atoms with van der Waals surface area (Å²) in [4.78, 5) is 22.7. The summed E-state index contributed by atoms with van der Waals surface area (Å²) in [6.45, 7) is 8.48. The van der Waals surface area contributed by atoms with E-state index in [-0.39, 0.29) is 22.4 Å². The van der Waals surface area contributed by atoms with Gasteiger partial charge in [0.05, 0.1) is 11.3 Å². The highest BCUT2D eigenvalue weighted by Crippen LogP contribution is 2.33. The highest BCUT2D eigenvalue weighted by Gasteiger charge is 2.19. The van der Waals surface area contributed by atoms with Crippen molar-refractivity contribution in [3.8, 4) is 5.75 Å². The number of urea groups is 1. The van der Waals surface area contributed by atoms with Gasteiger partial charge < -0.3 is 15.7 Å². The van der Waals surface area contributed by atoms with Crippen LogP contribution in [0.15, 0.2) is 12.1 Å². The Kier molecular flexibility index (Phi) is 5.13. The van der Waals surface area contributed by atoms with Crippen LogP contribution in [-0.4, -0.2) is 24.0 Å². The van der Waals surface area contributed by atoms with Crippen LogP contribution < -0.4 is 10.6 Å². The Morgan fingerprint density at radius 3 is 2.50 bits per heavy atom. The predicted molar refractivity (Wildman–Crippen MR) is 79.5 cm³/mol. The van der Waals surface area contributed by atoms with E-state index in [4.69, 9.17) is 0 Å². The Morgan fingerprint density at radius 2 is 2.00 bits per heavy atom. The number of anilines is 1. The minimum atomic E-state index is -0.398. The van der Waals surface area contributed by atoms with E-state index >= 15 is 0 Å². The fourth-order valence-electron chi connectivity index (χ4n) is 1.68. The van der Waals surface area contributed by atoms with Crippen molar-refractivity contribution >= 4 is 18.0 Å². The maximum atomic E-state index is 11.7. The van der Waals surface area contributed by atoms with Gasteiger partial charge in [-0.1, -0.05) is 27.7 Å². The molecule has 0 saturated heterocycles. The number of benzene rings is 1. The van der Waals surface area contributed by atoms with Crippen LogP contribution in [0.25, 0.3) is 0 Å². The van der Waals surface area contributed by atoms with Gasteiger partial charge in [0, 0.05) is 6.54 Å². The van der Waals surface area contributed by atoms with Crippen LogP contribution in [0.1, 0.15) is 50.0 Å². The van der Waals surface area contributed by atoms with Crippen LogP contribution in [0, 0.1) is 0 Å². The number of carbonyl (C=O) groups excluding carboxylic acids is 2. The molecule has 0 fully saturated rings. The summed E-state index contributed by atoms with van der Waals surface area (Å²) >= 11 is 0. The van der Waals surface area contributed by atoms with E-state index in [0.717, 1.165) is 12.0 Å². The monoisotopic (exact) mass is 278 g/mol. The van der Waals surface area contributed by atoms with Crippen molar-refractivity contribution in [2.24, 2.45) is 0 Å². The smallest absolute Gasteiger partial charge is 0.319 e. The minimum absolute atomic E-state index is 0.170. The lowest BCUT2D eigenvalue weighted by Gasteiger charge is -2.21. The molecule has 0 radical (unpaired) electrons. The molecule has 0 saturated carbocycles. The summed E-state index contributed by atoms with van der Waals surface area (Å²) in [5, 5.41) is 15.2. The van der Waals surface area contributed by atoms with Crippen LogP contribution in [-0.2, 0) is 5.41 Å². The number of aldehydes is 1. The van der Waals surface area contributed by atoms with Crippen LogP contribution >= 0.6 is 0 Å². The standard InChI is InChI=1S/C15H22N2O3/c1-5-6-16-14(20)17-12-8-11(15(2,3)4)7-10(9-18)13(12)19/h7-9,19H,5-6H2,1-4H3,(H2,16,17,20). The number of amides is 2. The number of hydrogen-bond donors (Lipinski definition) is 3. The summed E-state index contributed by atoms with van der Waals surface area (Å²) in [5.41, 5.74) is 1.08. The summed E-state index contributed by atoms with van der Waals surface area (Å²) in [6, 6.07) is 2.93. The second-order valence-electron chi connectivity index (χ2n) is 5.71. The van der Waals surface area contributed by atoms with Crippen LogP contribution in [0.3, 0.4) is 0 Å². The molecule has 0 aliphatic heterocycles. The lowest BCUT2D eigenvalue weighted by Crippen LogP contribution is -2.29. The van der Waals surface area contributed by atoms with Gasteiger partial charge in [0.1, 0.15) is 5.75 Å². The summed E-state index contributed by atoms with van der Waals surface area (Å²) in [7, 11) is 0. The van der Waals surface area contributed by atoms with E-state index in [1.165, 1.54) is 0 Å². The zero-order valence-corrected chi connectivity index (χ0v) is 12.4. The zero-order chi connectivity index (χ0) is 15.3. The van der Waals surface area contributed by atoms with E-state index in [1.807, 2.05) is 27.7 Å². The Bertz CT molecular complexity index is 505. The normalized spacial score (nSPS) is 11.0. The average Bonchev–Trinajstić information content (AvgIpc) is 2.37. The number of rotatable bonds is 4. The number of carbonyl (C=O) groups is 2. The molecule has 0 aliphatic carbocycles. The summed E-state index contributed by atoms with van der Waals surface area (Å²) < 4.78 is 0. The first-order chi connectivity index (χ1) is 9.29. The number of phenols is 1. The van der Waals surface area contributed by atoms with Crippen molar-refractivity contribution in [1.29, 1.82) is 0 Å². The largest absolute Gasteiger partial charge is 0.505 e. The molecule has 0 spiro atoms. The topological polar surface area (TPSA) is 78.4 Å². The van der Waals surface area contributed by atoms with Crippen molar-refractivity contribution in [3.05, 3.63) is 23.3 Å². The number of phenolic OH excluding ortho intramolecular Hbond substituents is 1. The van der Waals surface area contributed by atoms with Gasteiger partial charge in [0.2, 0.25) is 0 Å². The molecular weight excluding hydrogens is 256 g/mol. The van der Waals surface area contributed by atoms with Crippen molar-refractivity contribution in [2.75, 3.05) is 11.9 Å². The predicted octanol–water partition coefficient (Wildman–Crippen LogP) is 3.03. The second kappa shape index (κ2) is 6.41. The Balaban J connectivity index is 3.11. The molecule has 0 heterocycles. The molecule has 0 unspecified atom stereocenters. The van der Waals surface area contributed by atoms with Gasteiger partial charge in [-0.25, -0.2) is 4.79 Å². The molecule has 1 aromatic rings. The highest BCUT2D eigenvalue weighted by molar-refractivity contribution is 5.94. The Hall–Kier alpha value is -2.04. The summed E-state index contributed by atoms with van der Waals surface area (Å²) in [5.74, 6) is -0.209. The van der Waals surface area contributed by atoms with Gasteiger partial charge in [0.15, 0.2) is 6.29 Å². The van der Waals surface area contributed by atoms with Gasteiger partial charge in [-0.05, 0) is 29.5 Å². The first kappa shape index (κ1) is 16.0. The molecule has 3 N–H and O–H groups in total. The van der Waals surface area contributed by atoms with Crippen LogP contribution in [0.5, 0.6) is 5.75 Å². The second-order valence-corrected chi connectivity index (χ2v) is 5.71. The van der Waals surface area contributed by atoms with E-state index in [1.54, 1.807) is 12.1 Å². The molecule has 5 nitrogen and oxygen atoms in total. The number of hydrogen-bond acceptors (Lipinski definition) is 3. The van der Waals surface area contributed by atoms with Crippen molar-refractivity contribution < 1.29 is 14.7 Å². The van der Waals surface area contributed by atoms with Crippen LogP contribution in [0.4, 0.5) is 10.5 Å². The Morgan fingerprint density at radius 1 is 1.35 bits per heavy atom. The molecule has 0 aromatic heterocycles. The average molecular weight is 278 g/mol. The van der Waals surface area contributed by atoms with Gasteiger partial charge in [-0.3, -0.25) is 4.79 Å². The molecule has 2 amide bonds. The zero-order valence-electron chi connectivity index (χ0n) is 12.4.